The first-order valence-electron chi connectivity index (χ1n) is 6.99. The zero-order valence-electron chi connectivity index (χ0n) is 11.0. The molecule has 0 spiro atoms. The number of aliphatic hydroxyl groups is 1. The van der Waals surface area contributed by atoms with Crippen molar-refractivity contribution < 1.29 is 14.6 Å². The van der Waals surface area contributed by atoms with Gasteiger partial charge in [0.15, 0.2) is 0 Å². The molecule has 20 heavy (non-hydrogen) atoms. The maximum absolute atomic E-state index is 12.7. The fourth-order valence-corrected chi connectivity index (χ4v) is 4.02. The number of halogens is 1. The van der Waals surface area contributed by atoms with E-state index in [0.717, 1.165) is 28.4 Å². The van der Waals surface area contributed by atoms with Gasteiger partial charge in [0.25, 0.3) is 5.91 Å². The number of rotatable bonds is 3. The summed E-state index contributed by atoms with van der Waals surface area (Å²) in [5.74, 6) is 0.450. The molecule has 1 aromatic rings. The van der Waals surface area contributed by atoms with Gasteiger partial charge in [-0.3, -0.25) is 4.79 Å². The molecule has 1 amide bonds. The molecule has 106 valence electrons. The van der Waals surface area contributed by atoms with Gasteiger partial charge in [-0.15, -0.1) is 0 Å². The molecule has 0 radical (unpaired) electrons. The summed E-state index contributed by atoms with van der Waals surface area (Å²) < 4.78 is 6.04. The molecule has 0 aromatic heterocycles. The standard InChI is InChI=1S/C15H16BrNO3/c16-11-3-1-2-10-6-17(14(18)12(10)11)13(9-4-5-9)15(19)7-20-8-15/h1-3,9,13,19H,4-8H2/t13-/m0/s1. The van der Waals surface area contributed by atoms with Crippen molar-refractivity contribution in [2.45, 2.75) is 31.0 Å². The number of amides is 1. The molecule has 0 unspecified atom stereocenters. The summed E-state index contributed by atoms with van der Waals surface area (Å²) in [6.07, 6.45) is 2.18. The molecule has 3 aliphatic rings. The first-order chi connectivity index (χ1) is 9.60. The molecule has 5 heteroatoms. The molecule has 2 fully saturated rings. The second-order valence-corrected chi connectivity index (χ2v) is 6.94. The Balaban J connectivity index is 1.70. The summed E-state index contributed by atoms with van der Waals surface area (Å²) in [6.45, 7) is 1.28. The fraction of sp³-hybridized carbons (Fsp3) is 0.533. The van der Waals surface area contributed by atoms with E-state index in [0.29, 0.717) is 25.7 Å². The average Bonchev–Trinajstić information content (AvgIpc) is 3.14. The Morgan fingerprint density at radius 3 is 2.70 bits per heavy atom. The summed E-state index contributed by atoms with van der Waals surface area (Å²) in [4.78, 5) is 14.6. The van der Waals surface area contributed by atoms with Crippen LogP contribution in [-0.2, 0) is 11.3 Å². The van der Waals surface area contributed by atoms with Crippen LogP contribution in [0.15, 0.2) is 22.7 Å². The number of hydrogen-bond donors (Lipinski definition) is 1. The van der Waals surface area contributed by atoms with Crippen molar-refractivity contribution in [3.05, 3.63) is 33.8 Å². The number of carbonyl (C=O) groups excluding carboxylic acids is 1. The largest absolute Gasteiger partial charge is 0.383 e. The quantitative estimate of drug-likeness (QED) is 0.917. The van der Waals surface area contributed by atoms with E-state index in [2.05, 4.69) is 15.9 Å². The highest BCUT2D eigenvalue weighted by Crippen LogP contribution is 2.45. The van der Waals surface area contributed by atoms with Crippen LogP contribution >= 0.6 is 15.9 Å². The van der Waals surface area contributed by atoms with Crippen molar-refractivity contribution in [2.24, 2.45) is 5.92 Å². The van der Waals surface area contributed by atoms with E-state index in [1.807, 2.05) is 23.1 Å². The number of benzene rings is 1. The Bertz CT molecular complexity index is 580. The number of nitrogens with zero attached hydrogens (tertiary/aromatic N) is 1. The minimum Gasteiger partial charge on any atom is -0.383 e. The summed E-state index contributed by atoms with van der Waals surface area (Å²) in [7, 11) is 0. The molecule has 1 N–H and O–H groups in total. The number of ether oxygens (including phenoxy) is 1. The van der Waals surface area contributed by atoms with E-state index in [9.17, 15) is 9.90 Å². The Morgan fingerprint density at radius 2 is 2.15 bits per heavy atom. The normalized spacial score (nSPS) is 25.3. The van der Waals surface area contributed by atoms with Gasteiger partial charge in [-0.05, 0) is 46.3 Å². The van der Waals surface area contributed by atoms with Gasteiger partial charge in [0.1, 0.15) is 5.60 Å². The third-order valence-electron chi connectivity index (χ3n) is 4.57. The predicted molar refractivity (Wildman–Crippen MR) is 76.3 cm³/mol. The molecule has 1 saturated carbocycles. The number of carbonyl (C=O) groups is 1. The summed E-state index contributed by atoms with van der Waals surface area (Å²) in [5.41, 5.74) is 0.937. The lowest BCUT2D eigenvalue weighted by Gasteiger charge is -2.46. The van der Waals surface area contributed by atoms with Crippen LogP contribution in [0.1, 0.15) is 28.8 Å². The lowest BCUT2D eigenvalue weighted by atomic mass is 9.87. The van der Waals surface area contributed by atoms with Gasteiger partial charge in [0, 0.05) is 11.0 Å². The third-order valence-corrected chi connectivity index (χ3v) is 5.24. The Morgan fingerprint density at radius 1 is 1.40 bits per heavy atom. The molecule has 1 aliphatic carbocycles. The van der Waals surface area contributed by atoms with Crippen molar-refractivity contribution in [1.29, 1.82) is 0 Å². The zero-order chi connectivity index (χ0) is 13.9. The van der Waals surface area contributed by atoms with E-state index in [-0.39, 0.29) is 11.9 Å². The van der Waals surface area contributed by atoms with E-state index < -0.39 is 5.60 Å². The molecule has 4 rings (SSSR count). The maximum Gasteiger partial charge on any atom is 0.256 e. The van der Waals surface area contributed by atoms with Crippen LogP contribution in [0, 0.1) is 5.92 Å². The highest BCUT2D eigenvalue weighted by atomic mass is 79.9. The van der Waals surface area contributed by atoms with Gasteiger partial charge in [0.2, 0.25) is 0 Å². The monoisotopic (exact) mass is 337 g/mol. The molecule has 1 atom stereocenters. The molecule has 2 heterocycles. The van der Waals surface area contributed by atoms with Gasteiger partial charge in [-0.25, -0.2) is 0 Å². The highest BCUT2D eigenvalue weighted by Gasteiger charge is 2.55. The van der Waals surface area contributed by atoms with Crippen LogP contribution in [0.25, 0.3) is 0 Å². The Labute approximate surface area is 125 Å². The van der Waals surface area contributed by atoms with E-state index in [1.165, 1.54) is 0 Å². The summed E-state index contributed by atoms with van der Waals surface area (Å²) >= 11 is 3.46. The zero-order valence-corrected chi connectivity index (χ0v) is 12.6. The molecule has 1 aromatic carbocycles. The van der Waals surface area contributed by atoms with Crippen molar-refractivity contribution in [3.63, 3.8) is 0 Å². The maximum atomic E-state index is 12.7. The molecule has 4 nitrogen and oxygen atoms in total. The topological polar surface area (TPSA) is 49.8 Å². The lowest BCUT2D eigenvalue weighted by molar-refractivity contribution is -0.211. The van der Waals surface area contributed by atoms with Crippen molar-refractivity contribution in [3.8, 4) is 0 Å². The first-order valence-corrected chi connectivity index (χ1v) is 7.78. The van der Waals surface area contributed by atoms with E-state index in [4.69, 9.17) is 4.74 Å². The van der Waals surface area contributed by atoms with Gasteiger partial charge in [-0.1, -0.05) is 12.1 Å². The van der Waals surface area contributed by atoms with Crippen LogP contribution in [0.2, 0.25) is 0 Å². The summed E-state index contributed by atoms with van der Waals surface area (Å²) in [6, 6.07) is 5.73. The average molecular weight is 338 g/mol. The van der Waals surface area contributed by atoms with Gasteiger partial charge in [-0.2, -0.15) is 0 Å². The van der Waals surface area contributed by atoms with Crippen LogP contribution in [0.3, 0.4) is 0 Å². The predicted octanol–water partition coefficient (Wildman–Crippen LogP) is 1.94. The molecule has 2 aliphatic heterocycles. The first kappa shape index (κ1) is 12.8. The Kier molecular flexibility index (Phi) is 2.75. The van der Waals surface area contributed by atoms with Crippen LogP contribution < -0.4 is 0 Å². The third kappa shape index (κ3) is 1.76. The molecular formula is C15H16BrNO3. The smallest absolute Gasteiger partial charge is 0.256 e. The molecule has 1 saturated heterocycles. The van der Waals surface area contributed by atoms with Crippen molar-refractivity contribution >= 4 is 21.8 Å². The minimum absolute atomic E-state index is 0.0321. The minimum atomic E-state index is -0.856. The molecular weight excluding hydrogens is 322 g/mol. The second-order valence-electron chi connectivity index (χ2n) is 6.09. The van der Waals surface area contributed by atoms with Crippen molar-refractivity contribution in [2.75, 3.05) is 13.2 Å². The van der Waals surface area contributed by atoms with Gasteiger partial charge >= 0.3 is 0 Å². The van der Waals surface area contributed by atoms with Gasteiger partial charge < -0.3 is 14.7 Å². The van der Waals surface area contributed by atoms with Crippen LogP contribution in [0.5, 0.6) is 0 Å². The van der Waals surface area contributed by atoms with E-state index >= 15 is 0 Å². The van der Waals surface area contributed by atoms with Crippen LogP contribution in [0.4, 0.5) is 0 Å². The fourth-order valence-electron chi connectivity index (χ4n) is 3.44. The lowest BCUT2D eigenvalue weighted by Crippen LogP contribution is -2.64. The van der Waals surface area contributed by atoms with Gasteiger partial charge in [0.05, 0.1) is 24.8 Å². The summed E-state index contributed by atoms with van der Waals surface area (Å²) in [5, 5.41) is 10.7. The second kappa shape index (κ2) is 4.29. The Hall–Kier alpha value is -0.910. The molecule has 0 bridgehead atoms. The van der Waals surface area contributed by atoms with E-state index in [1.54, 1.807) is 0 Å². The highest BCUT2D eigenvalue weighted by molar-refractivity contribution is 9.10. The van der Waals surface area contributed by atoms with Crippen molar-refractivity contribution in [1.82, 2.24) is 4.90 Å². The SMILES string of the molecule is O=C1c2c(Br)cccc2CN1[C@@H](C1CC1)C1(O)COC1. The van der Waals surface area contributed by atoms with Crippen LogP contribution in [-0.4, -0.2) is 40.8 Å². The number of hydrogen-bond acceptors (Lipinski definition) is 3. The number of fused-ring (bicyclic) bond motifs is 1.